The number of rotatable bonds is 5. The van der Waals surface area contributed by atoms with Gasteiger partial charge in [0.05, 0.1) is 19.2 Å². The van der Waals surface area contributed by atoms with Gasteiger partial charge >= 0.3 is 5.97 Å². The molecule has 1 atom stereocenters. The van der Waals surface area contributed by atoms with E-state index in [0.29, 0.717) is 0 Å². The molecule has 100 valence electrons. The van der Waals surface area contributed by atoms with Crippen molar-refractivity contribution in [1.29, 1.82) is 0 Å². The highest BCUT2D eigenvalue weighted by atomic mass is 16.5. The van der Waals surface area contributed by atoms with Gasteiger partial charge in [-0.15, -0.1) is 0 Å². The van der Waals surface area contributed by atoms with Gasteiger partial charge in [-0.25, -0.2) is 0 Å². The summed E-state index contributed by atoms with van der Waals surface area (Å²) in [5, 5.41) is 8.85. The summed E-state index contributed by atoms with van der Waals surface area (Å²) in [7, 11) is 3.52. The van der Waals surface area contributed by atoms with Crippen LogP contribution in [0, 0.1) is 13.8 Å². The first-order valence-corrected chi connectivity index (χ1v) is 5.96. The number of aryl methyl sites for hydroxylation is 2. The third-order valence-electron chi connectivity index (χ3n) is 3.31. The lowest BCUT2D eigenvalue weighted by atomic mass is 10.1. The van der Waals surface area contributed by atoms with Crippen LogP contribution in [-0.2, 0) is 4.79 Å². The van der Waals surface area contributed by atoms with E-state index in [1.165, 1.54) is 5.56 Å². The largest absolute Gasteiger partial charge is 0.495 e. The van der Waals surface area contributed by atoms with Crippen molar-refractivity contribution in [3.8, 4) is 5.75 Å². The predicted molar refractivity (Wildman–Crippen MR) is 72.6 cm³/mol. The fraction of sp³-hybridized carbons (Fsp3) is 0.500. The summed E-state index contributed by atoms with van der Waals surface area (Å²) in [6.45, 7) is 5.96. The highest BCUT2D eigenvalue weighted by molar-refractivity contribution is 5.69. The van der Waals surface area contributed by atoms with E-state index in [4.69, 9.17) is 9.84 Å². The number of carboxylic acids is 1. The smallest absolute Gasteiger partial charge is 0.305 e. The summed E-state index contributed by atoms with van der Waals surface area (Å²) in [5.74, 6) is -0.0185. The maximum atomic E-state index is 10.8. The second-order valence-electron chi connectivity index (χ2n) is 4.67. The molecule has 0 amide bonds. The van der Waals surface area contributed by atoms with E-state index >= 15 is 0 Å². The molecule has 0 radical (unpaired) electrons. The number of benzene rings is 1. The van der Waals surface area contributed by atoms with Crippen molar-refractivity contribution in [2.75, 3.05) is 19.1 Å². The van der Waals surface area contributed by atoms with Crippen molar-refractivity contribution in [2.24, 2.45) is 0 Å². The van der Waals surface area contributed by atoms with Crippen LogP contribution in [0.25, 0.3) is 0 Å². The number of aliphatic carboxylic acids is 1. The van der Waals surface area contributed by atoms with Crippen LogP contribution in [0.4, 0.5) is 5.69 Å². The van der Waals surface area contributed by atoms with Crippen LogP contribution in [0.1, 0.15) is 24.5 Å². The first-order valence-electron chi connectivity index (χ1n) is 5.96. The summed E-state index contributed by atoms with van der Waals surface area (Å²) in [6, 6.07) is 3.93. The third kappa shape index (κ3) is 3.15. The Morgan fingerprint density at radius 3 is 2.44 bits per heavy atom. The normalized spacial score (nSPS) is 12.1. The molecule has 18 heavy (non-hydrogen) atoms. The molecule has 0 saturated heterocycles. The van der Waals surface area contributed by atoms with Crippen molar-refractivity contribution in [3.63, 3.8) is 0 Å². The van der Waals surface area contributed by atoms with Crippen molar-refractivity contribution < 1.29 is 14.6 Å². The summed E-state index contributed by atoms with van der Waals surface area (Å²) in [5.41, 5.74) is 3.25. The van der Waals surface area contributed by atoms with Gasteiger partial charge in [0, 0.05) is 13.1 Å². The molecule has 0 aliphatic carbocycles. The zero-order valence-corrected chi connectivity index (χ0v) is 11.7. The molecule has 1 unspecified atom stereocenters. The third-order valence-corrected chi connectivity index (χ3v) is 3.31. The van der Waals surface area contributed by atoms with E-state index in [1.807, 2.05) is 44.9 Å². The zero-order chi connectivity index (χ0) is 13.9. The minimum Gasteiger partial charge on any atom is -0.495 e. The number of hydrogen-bond acceptors (Lipinski definition) is 3. The van der Waals surface area contributed by atoms with Gasteiger partial charge in [0.2, 0.25) is 0 Å². The number of hydrogen-bond donors (Lipinski definition) is 1. The van der Waals surface area contributed by atoms with Gasteiger partial charge in [0.1, 0.15) is 5.75 Å². The number of nitrogens with zero attached hydrogens (tertiary/aromatic N) is 1. The fourth-order valence-corrected chi connectivity index (χ4v) is 1.84. The maximum absolute atomic E-state index is 10.8. The van der Waals surface area contributed by atoms with Crippen LogP contribution >= 0.6 is 0 Å². The average Bonchev–Trinajstić information content (AvgIpc) is 2.30. The van der Waals surface area contributed by atoms with Gasteiger partial charge in [-0.2, -0.15) is 0 Å². The Hall–Kier alpha value is -1.71. The molecule has 0 aromatic heterocycles. The summed E-state index contributed by atoms with van der Waals surface area (Å²) in [4.78, 5) is 12.7. The lowest BCUT2D eigenvalue weighted by molar-refractivity contribution is -0.137. The Bertz CT molecular complexity index is 443. The average molecular weight is 251 g/mol. The topological polar surface area (TPSA) is 49.8 Å². The van der Waals surface area contributed by atoms with Crippen LogP contribution in [0.3, 0.4) is 0 Å². The second kappa shape index (κ2) is 5.76. The second-order valence-corrected chi connectivity index (χ2v) is 4.67. The van der Waals surface area contributed by atoms with Crippen molar-refractivity contribution in [3.05, 3.63) is 23.3 Å². The molecule has 1 N–H and O–H groups in total. The molecule has 1 aromatic carbocycles. The van der Waals surface area contributed by atoms with Gasteiger partial charge in [0.15, 0.2) is 0 Å². The molecular weight excluding hydrogens is 230 g/mol. The van der Waals surface area contributed by atoms with E-state index in [0.717, 1.165) is 17.0 Å². The molecule has 0 saturated carbocycles. The lowest BCUT2D eigenvalue weighted by Crippen LogP contribution is -2.31. The van der Waals surface area contributed by atoms with Crippen molar-refractivity contribution >= 4 is 11.7 Å². The molecule has 0 fully saturated rings. The van der Waals surface area contributed by atoms with E-state index in [1.54, 1.807) is 7.11 Å². The number of methoxy groups -OCH3 is 1. The lowest BCUT2D eigenvalue weighted by Gasteiger charge is -2.28. The SMILES string of the molecule is COc1cc(C)c(C)cc1N(C)C(C)CC(=O)O. The fourth-order valence-electron chi connectivity index (χ4n) is 1.84. The molecule has 0 heterocycles. The van der Waals surface area contributed by atoms with E-state index in [-0.39, 0.29) is 12.5 Å². The monoisotopic (exact) mass is 251 g/mol. The molecular formula is C14H21NO3. The summed E-state index contributed by atoms with van der Waals surface area (Å²) in [6.07, 6.45) is 0.104. The number of ether oxygens (including phenoxy) is 1. The van der Waals surface area contributed by atoms with Gasteiger partial charge in [0.25, 0.3) is 0 Å². The zero-order valence-electron chi connectivity index (χ0n) is 11.7. The standard InChI is InChI=1S/C14H21NO3/c1-9-6-12(13(18-5)7-10(9)2)15(4)11(3)8-14(16)17/h6-7,11H,8H2,1-5H3,(H,16,17). The summed E-state index contributed by atoms with van der Waals surface area (Å²) >= 11 is 0. The Morgan fingerprint density at radius 2 is 1.94 bits per heavy atom. The molecule has 1 rings (SSSR count). The van der Waals surface area contributed by atoms with Crippen molar-refractivity contribution in [1.82, 2.24) is 0 Å². The molecule has 1 aromatic rings. The number of anilines is 1. The molecule has 0 aliphatic rings. The molecule has 0 aliphatic heterocycles. The molecule has 0 bridgehead atoms. The maximum Gasteiger partial charge on any atom is 0.305 e. The van der Waals surface area contributed by atoms with Crippen LogP contribution in [0.5, 0.6) is 5.75 Å². The van der Waals surface area contributed by atoms with Crippen LogP contribution in [0.2, 0.25) is 0 Å². The Morgan fingerprint density at radius 1 is 1.39 bits per heavy atom. The van der Waals surface area contributed by atoms with Gasteiger partial charge in [-0.3, -0.25) is 4.79 Å². The Balaban J connectivity index is 3.07. The number of carbonyl (C=O) groups is 1. The molecule has 0 spiro atoms. The van der Waals surface area contributed by atoms with E-state index in [9.17, 15) is 4.79 Å². The van der Waals surface area contributed by atoms with Crippen LogP contribution in [0.15, 0.2) is 12.1 Å². The van der Waals surface area contributed by atoms with E-state index < -0.39 is 5.97 Å². The van der Waals surface area contributed by atoms with Gasteiger partial charge in [-0.05, 0) is 44.0 Å². The first-order chi connectivity index (χ1) is 8.36. The van der Waals surface area contributed by atoms with Gasteiger partial charge < -0.3 is 14.7 Å². The first kappa shape index (κ1) is 14.4. The minimum absolute atomic E-state index is 0.0847. The quantitative estimate of drug-likeness (QED) is 0.874. The molecule has 4 heteroatoms. The predicted octanol–water partition coefficient (Wildman–Crippen LogP) is 2.61. The summed E-state index contributed by atoms with van der Waals surface area (Å²) < 4.78 is 5.37. The van der Waals surface area contributed by atoms with Crippen LogP contribution in [-0.4, -0.2) is 31.3 Å². The Kier molecular flexibility index (Phi) is 4.59. The highest BCUT2D eigenvalue weighted by Crippen LogP contribution is 2.32. The molecule has 4 nitrogen and oxygen atoms in total. The van der Waals surface area contributed by atoms with Gasteiger partial charge in [-0.1, -0.05) is 0 Å². The Labute approximate surface area is 108 Å². The minimum atomic E-state index is -0.794. The van der Waals surface area contributed by atoms with Crippen LogP contribution < -0.4 is 9.64 Å². The van der Waals surface area contributed by atoms with Crippen molar-refractivity contribution in [2.45, 2.75) is 33.2 Å². The number of carboxylic acid groups (broad SMARTS) is 1. The van der Waals surface area contributed by atoms with E-state index in [2.05, 4.69) is 0 Å². The highest BCUT2D eigenvalue weighted by Gasteiger charge is 2.17.